The van der Waals surface area contributed by atoms with Crippen LogP contribution in [0, 0.1) is 0 Å². The van der Waals surface area contributed by atoms with Crippen molar-refractivity contribution in [3.8, 4) is 22.9 Å². The van der Waals surface area contributed by atoms with Crippen molar-refractivity contribution in [3.63, 3.8) is 0 Å². The Morgan fingerprint density at radius 2 is 1.50 bits per heavy atom. The monoisotopic (exact) mass is 344 g/mol. The van der Waals surface area contributed by atoms with E-state index in [1.807, 2.05) is 60.7 Å². The average molecular weight is 344 g/mol. The third-order valence-electron chi connectivity index (χ3n) is 4.33. The Balaban J connectivity index is 1.63. The molecule has 0 amide bonds. The van der Waals surface area contributed by atoms with E-state index < -0.39 is 0 Å². The summed E-state index contributed by atoms with van der Waals surface area (Å²) in [5, 5.41) is 0. The van der Waals surface area contributed by atoms with Gasteiger partial charge in [-0.2, -0.15) is 0 Å². The number of benzene rings is 3. The quantitative estimate of drug-likeness (QED) is 0.504. The number of hydrogen-bond acceptors (Lipinski definition) is 3. The number of fused-ring (bicyclic) bond motifs is 1. The molecule has 1 heterocycles. The Labute approximate surface area is 152 Å². The van der Waals surface area contributed by atoms with Gasteiger partial charge in [-0.05, 0) is 24.3 Å². The standard InChI is InChI=1S/C22H20N2O2/c1-25-20-13-7-8-14-21(20)26-16-15-24-19-12-6-5-11-18(19)23-22(24)17-9-3-2-4-10-17/h2-14H,15-16H2,1H3. The SMILES string of the molecule is COc1ccccc1OCCn1c(-c2ccccc2)nc2ccccc21. The summed E-state index contributed by atoms with van der Waals surface area (Å²) in [5.41, 5.74) is 3.19. The first-order chi connectivity index (χ1) is 12.9. The van der Waals surface area contributed by atoms with Crippen molar-refractivity contribution < 1.29 is 9.47 Å². The number of para-hydroxylation sites is 4. The van der Waals surface area contributed by atoms with Crippen molar-refractivity contribution in [2.75, 3.05) is 13.7 Å². The van der Waals surface area contributed by atoms with Gasteiger partial charge in [0.2, 0.25) is 0 Å². The minimum Gasteiger partial charge on any atom is -0.493 e. The van der Waals surface area contributed by atoms with Crippen LogP contribution in [0.15, 0.2) is 78.9 Å². The molecule has 0 aliphatic heterocycles. The fourth-order valence-electron chi connectivity index (χ4n) is 3.09. The first-order valence-corrected chi connectivity index (χ1v) is 8.63. The molecule has 0 aliphatic rings. The van der Waals surface area contributed by atoms with Crippen LogP contribution in [0.5, 0.6) is 11.5 Å². The second-order valence-corrected chi connectivity index (χ2v) is 5.94. The Morgan fingerprint density at radius 1 is 0.808 bits per heavy atom. The lowest BCUT2D eigenvalue weighted by Crippen LogP contribution is -2.10. The maximum atomic E-state index is 5.97. The average Bonchev–Trinajstić information content (AvgIpc) is 3.08. The van der Waals surface area contributed by atoms with E-state index in [0.29, 0.717) is 13.2 Å². The van der Waals surface area contributed by atoms with Gasteiger partial charge in [0.15, 0.2) is 11.5 Å². The van der Waals surface area contributed by atoms with Crippen LogP contribution in [0.25, 0.3) is 22.4 Å². The van der Waals surface area contributed by atoms with Crippen molar-refractivity contribution in [1.29, 1.82) is 0 Å². The first-order valence-electron chi connectivity index (χ1n) is 8.63. The molecule has 0 radical (unpaired) electrons. The molecule has 0 unspecified atom stereocenters. The molecule has 0 fully saturated rings. The molecule has 1 aromatic heterocycles. The third kappa shape index (κ3) is 3.14. The lowest BCUT2D eigenvalue weighted by Gasteiger charge is -2.13. The van der Waals surface area contributed by atoms with Gasteiger partial charge in [0.25, 0.3) is 0 Å². The van der Waals surface area contributed by atoms with Crippen molar-refractivity contribution in [2.24, 2.45) is 0 Å². The van der Waals surface area contributed by atoms with Gasteiger partial charge >= 0.3 is 0 Å². The molecule has 4 rings (SSSR count). The van der Waals surface area contributed by atoms with E-state index in [0.717, 1.165) is 33.9 Å². The minimum absolute atomic E-state index is 0.528. The van der Waals surface area contributed by atoms with E-state index in [9.17, 15) is 0 Å². The number of nitrogens with zero attached hydrogens (tertiary/aromatic N) is 2. The molecule has 0 aliphatic carbocycles. The molecule has 3 aromatic carbocycles. The number of hydrogen-bond donors (Lipinski definition) is 0. The van der Waals surface area contributed by atoms with E-state index in [2.05, 4.69) is 22.8 Å². The summed E-state index contributed by atoms with van der Waals surface area (Å²) in [7, 11) is 1.65. The van der Waals surface area contributed by atoms with Gasteiger partial charge < -0.3 is 14.0 Å². The van der Waals surface area contributed by atoms with E-state index in [1.165, 1.54) is 0 Å². The van der Waals surface area contributed by atoms with E-state index in [1.54, 1.807) is 7.11 Å². The lowest BCUT2D eigenvalue weighted by atomic mass is 10.2. The molecule has 130 valence electrons. The number of aromatic nitrogens is 2. The summed E-state index contributed by atoms with van der Waals surface area (Å²) in [4.78, 5) is 4.83. The maximum Gasteiger partial charge on any atom is 0.161 e. The summed E-state index contributed by atoms with van der Waals surface area (Å²) in [6, 6.07) is 26.1. The topological polar surface area (TPSA) is 36.3 Å². The lowest BCUT2D eigenvalue weighted by molar-refractivity contribution is 0.281. The van der Waals surface area contributed by atoms with Gasteiger partial charge in [0, 0.05) is 5.56 Å². The minimum atomic E-state index is 0.528. The summed E-state index contributed by atoms with van der Waals surface area (Å²) in [5.74, 6) is 2.45. The van der Waals surface area contributed by atoms with Gasteiger partial charge in [0.05, 0.1) is 24.7 Å². The molecule has 4 nitrogen and oxygen atoms in total. The predicted molar refractivity (Wildman–Crippen MR) is 104 cm³/mol. The van der Waals surface area contributed by atoms with Crippen LogP contribution in [0.2, 0.25) is 0 Å². The van der Waals surface area contributed by atoms with E-state index in [4.69, 9.17) is 14.5 Å². The number of methoxy groups -OCH3 is 1. The molecule has 0 bridgehead atoms. The molecule has 0 N–H and O–H groups in total. The van der Waals surface area contributed by atoms with Gasteiger partial charge in [-0.3, -0.25) is 0 Å². The fourth-order valence-corrected chi connectivity index (χ4v) is 3.09. The largest absolute Gasteiger partial charge is 0.493 e. The van der Waals surface area contributed by atoms with E-state index in [-0.39, 0.29) is 0 Å². The molecule has 0 atom stereocenters. The summed E-state index contributed by atoms with van der Waals surface area (Å²) >= 11 is 0. The molecule has 4 aromatic rings. The Bertz CT molecular complexity index is 1010. The molecule has 4 heteroatoms. The second-order valence-electron chi connectivity index (χ2n) is 5.94. The van der Waals surface area contributed by atoms with Crippen molar-refractivity contribution in [1.82, 2.24) is 9.55 Å². The van der Waals surface area contributed by atoms with Gasteiger partial charge in [-0.25, -0.2) is 4.98 Å². The summed E-state index contributed by atoms with van der Waals surface area (Å²) in [6.07, 6.45) is 0. The molecular formula is C22H20N2O2. The zero-order chi connectivity index (χ0) is 17.8. The van der Waals surface area contributed by atoms with Crippen LogP contribution in [0.3, 0.4) is 0 Å². The van der Waals surface area contributed by atoms with Crippen LogP contribution in [0.4, 0.5) is 0 Å². The predicted octanol–water partition coefficient (Wildman–Crippen LogP) is 4.79. The van der Waals surface area contributed by atoms with Crippen LogP contribution >= 0.6 is 0 Å². The highest BCUT2D eigenvalue weighted by Crippen LogP contribution is 2.27. The van der Waals surface area contributed by atoms with Crippen LogP contribution in [-0.4, -0.2) is 23.3 Å². The Kier molecular flexibility index (Phi) is 4.56. The van der Waals surface area contributed by atoms with Crippen LogP contribution < -0.4 is 9.47 Å². The highest BCUT2D eigenvalue weighted by Gasteiger charge is 2.12. The van der Waals surface area contributed by atoms with Crippen LogP contribution in [-0.2, 0) is 6.54 Å². The highest BCUT2D eigenvalue weighted by atomic mass is 16.5. The zero-order valence-corrected chi connectivity index (χ0v) is 14.6. The molecule has 0 saturated heterocycles. The summed E-state index contributed by atoms with van der Waals surface area (Å²) < 4.78 is 13.5. The Morgan fingerprint density at radius 3 is 2.31 bits per heavy atom. The molecule has 0 spiro atoms. The molecule has 0 saturated carbocycles. The van der Waals surface area contributed by atoms with Gasteiger partial charge in [0.1, 0.15) is 12.4 Å². The molecular weight excluding hydrogens is 324 g/mol. The summed E-state index contributed by atoms with van der Waals surface area (Å²) in [6.45, 7) is 1.23. The zero-order valence-electron chi connectivity index (χ0n) is 14.6. The maximum absolute atomic E-state index is 5.97. The number of imidazole rings is 1. The van der Waals surface area contributed by atoms with Crippen molar-refractivity contribution >= 4 is 11.0 Å². The molecule has 26 heavy (non-hydrogen) atoms. The first kappa shape index (κ1) is 16.2. The van der Waals surface area contributed by atoms with Crippen LogP contribution in [0.1, 0.15) is 0 Å². The van der Waals surface area contributed by atoms with Crippen molar-refractivity contribution in [2.45, 2.75) is 6.54 Å². The van der Waals surface area contributed by atoms with Gasteiger partial charge in [-0.15, -0.1) is 0 Å². The third-order valence-corrected chi connectivity index (χ3v) is 4.33. The highest BCUT2D eigenvalue weighted by molar-refractivity contribution is 5.80. The smallest absolute Gasteiger partial charge is 0.161 e. The normalized spacial score (nSPS) is 10.8. The Hall–Kier alpha value is -3.27. The van der Waals surface area contributed by atoms with E-state index >= 15 is 0 Å². The second kappa shape index (κ2) is 7.31. The number of rotatable bonds is 6. The van der Waals surface area contributed by atoms with Crippen molar-refractivity contribution in [3.05, 3.63) is 78.9 Å². The fraction of sp³-hybridized carbons (Fsp3) is 0.136. The van der Waals surface area contributed by atoms with Gasteiger partial charge in [-0.1, -0.05) is 54.6 Å². The number of ether oxygens (including phenoxy) is 2.